The lowest BCUT2D eigenvalue weighted by atomic mass is 9.73. The molecule has 2 aromatic rings. The fourth-order valence-corrected chi connectivity index (χ4v) is 4.57. The van der Waals surface area contributed by atoms with E-state index in [0.717, 1.165) is 43.4 Å². The number of ether oxygens (including phenoxy) is 1. The van der Waals surface area contributed by atoms with Crippen LogP contribution in [-0.4, -0.2) is 59.7 Å². The van der Waals surface area contributed by atoms with Crippen molar-refractivity contribution in [3.8, 4) is 5.75 Å². The van der Waals surface area contributed by atoms with Crippen LogP contribution in [0.2, 0.25) is 5.02 Å². The van der Waals surface area contributed by atoms with Gasteiger partial charge < -0.3 is 14.5 Å². The highest BCUT2D eigenvalue weighted by molar-refractivity contribution is 6.30. The van der Waals surface area contributed by atoms with E-state index in [1.165, 1.54) is 0 Å². The summed E-state index contributed by atoms with van der Waals surface area (Å²) in [5.41, 5.74) is 1.95. The van der Waals surface area contributed by atoms with Crippen LogP contribution in [0.15, 0.2) is 30.6 Å². The molecule has 1 unspecified atom stereocenters. The Kier molecular flexibility index (Phi) is 3.91. The van der Waals surface area contributed by atoms with E-state index in [9.17, 15) is 4.79 Å². The Morgan fingerprint density at radius 3 is 2.75 bits per heavy atom. The fourth-order valence-electron chi connectivity index (χ4n) is 4.41. The number of halogens is 1. The summed E-state index contributed by atoms with van der Waals surface area (Å²) in [6.45, 7) is 7.86. The summed E-state index contributed by atoms with van der Waals surface area (Å²) in [7, 11) is 0. The summed E-state index contributed by atoms with van der Waals surface area (Å²) in [6.07, 6.45) is 1.61. The lowest BCUT2D eigenvalue weighted by Gasteiger charge is -2.61. The molecule has 28 heavy (non-hydrogen) atoms. The summed E-state index contributed by atoms with van der Waals surface area (Å²) in [5, 5.41) is 0.609. The van der Waals surface area contributed by atoms with Crippen molar-refractivity contribution in [2.75, 3.05) is 42.6 Å². The van der Waals surface area contributed by atoms with Gasteiger partial charge in [0.15, 0.2) is 0 Å². The minimum absolute atomic E-state index is 0.0143. The van der Waals surface area contributed by atoms with Gasteiger partial charge in [-0.1, -0.05) is 11.6 Å². The highest BCUT2D eigenvalue weighted by Gasteiger charge is 2.54. The number of likely N-dealkylation sites (tertiary alicyclic amines) is 1. The van der Waals surface area contributed by atoms with Gasteiger partial charge in [0.05, 0.1) is 11.7 Å². The molecule has 7 nitrogen and oxygen atoms in total. The lowest BCUT2D eigenvalue weighted by molar-refractivity contribution is 0.00856. The first-order valence-electron chi connectivity index (χ1n) is 9.48. The SMILES string of the molecule is Cc1cc(N2CC3(CN(C(=O)N4c5ccc(Cl)cc5OCC4C)C3)C2)ncn1. The molecule has 2 fully saturated rings. The molecule has 1 atom stereocenters. The third kappa shape index (κ3) is 2.76. The Morgan fingerprint density at radius 1 is 1.21 bits per heavy atom. The highest BCUT2D eigenvalue weighted by Crippen LogP contribution is 2.43. The summed E-state index contributed by atoms with van der Waals surface area (Å²) < 4.78 is 5.76. The smallest absolute Gasteiger partial charge is 0.325 e. The maximum atomic E-state index is 13.2. The zero-order valence-corrected chi connectivity index (χ0v) is 16.7. The van der Waals surface area contributed by atoms with Gasteiger partial charge >= 0.3 is 6.03 Å². The highest BCUT2D eigenvalue weighted by atomic mass is 35.5. The summed E-state index contributed by atoms with van der Waals surface area (Å²) in [6, 6.07) is 7.47. The number of amides is 2. The largest absolute Gasteiger partial charge is 0.489 e. The van der Waals surface area contributed by atoms with E-state index >= 15 is 0 Å². The molecular weight excluding hydrogens is 378 g/mol. The van der Waals surface area contributed by atoms with Gasteiger partial charge in [-0.2, -0.15) is 0 Å². The molecule has 3 aliphatic rings. The van der Waals surface area contributed by atoms with Gasteiger partial charge in [-0.25, -0.2) is 14.8 Å². The second-order valence-corrected chi connectivity index (χ2v) is 8.59. The molecule has 2 saturated heterocycles. The van der Waals surface area contributed by atoms with Crippen molar-refractivity contribution in [1.82, 2.24) is 14.9 Å². The Labute approximate surface area is 168 Å². The number of aromatic nitrogens is 2. The number of urea groups is 1. The monoisotopic (exact) mass is 399 g/mol. The van der Waals surface area contributed by atoms with Crippen LogP contribution in [0.1, 0.15) is 12.6 Å². The first-order valence-corrected chi connectivity index (χ1v) is 9.86. The second kappa shape index (κ2) is 6.24. The standard InChI is InChI=1S/C20H22ClN5O2/c1-13-5-18(23-12-22-13)24-8-20(9-24)10-25(11-20)19(27)26-14(2)7-28-17-6-15(21)3-4-16(17)26/h3-6,12,14H,7-11H2,1-2H3. The zero-order chi connectivity index (χ0) is 19.5. The number of hydrogen-bond donors (Lipinski definition) is 0. The minimum atomic E-state index is -0.0143. The van der Waals surface area contributed by atoms with E-state index in [1.54, 1.807) is 18.5 Å². The normalized spacial score (nSPS) is 22.2. The van der Waals surface area contributed by atoms with Crippen LogP contribution in [-0.2, 0) is 0 Å². The Morgan fingerprint density at radius 2 is 2.00 bits per heavy atom. The van der Waals surface area contributed by atoms with E-state index in [-0.39, 0.29) is 17.5 Å². The number of benzene rings is 1. The molecule has 0 saturated carbocycles. The van der Waals surface area contributed by atoms with Crippen LogP contribution in [0.5, 0.6) is 5.75 Å². The fraction of sp³-hybridized carbons (Fsp3) is 0.450. The van der Waals surface area contributed by atoms with Gasteiger partial charge in [0.1, 0.15) is 24.5 Å². The number of nitrogens with zero attached hydrogens (tertiary/aromatic N) is 5. The lowest BCUT2D eigenvalue weighted by Crippen LogP contribution is -2.74. The minimum Gasteiger partial charge on any atom is -0.489 e. The average Bonchev–Trinajstić information content (AvgIpc) is 2.59. The van der Waals surface area contributed by atoms with Crippen molar-refractivity contribution in [2.45, 2.75) is 19.9 Å². The first kappa shape index (κ1) is 17.6. The number of aryl methyl sites for hydroxylation is 1. The van der Waals surface area contributed by atoms with Crippen LogP contribution in [0.3, 0.4) is 0 Å². The Balaban J connectivity index is 1.26. The van der Waals surface area contributed by atoms with Gasteiger partial charge in [0.2, 0.25) is 0 Å². The van der Waals surface area contributed by atoms with E-state index in [2.05, 4.69) is 14.9 Å². The van der Waals surface area contributed by atoms with Gasteiger partial charge in [-0.15, -0.1) is 0 Å². The maximum Gasteiger partial charge on any atom is 0.325 e. The molecule has 5 rings (SSSR count). The Bertz CT molecular complexity index is 938. The Hall–Kier alpha value is -2.54. The molecule has 2 amide bonds. The molecule has 1 spiro atoms. The molecule has 146 valence electrons. The maximum absolute atomic E-state index is 13.2. The molecule has 0 bridgehead atoms. The zero-order valence-electron chi connectivity index (χ0n) is 15.9. The predicted octanol–water partition coefficient (Wildman–Crippen LogP) is 2.97. The van der Waals surface area contributed by atoms with Crippen molar-refractivity contribution >= 4 is 29.1 Å². The molecule has 8 heteroatoms. The van der Waals surface area contributed by atoms with E-state index in [4.69, 9.17) is 16.3 Å². The van der Waals surface area contributed by atoms with Gasteiger partial charge in [-0.05, 0) is 26.0 Å². The molecule has 4 heterocycles. The third-order valence-electron chi connectivity index (χ3n) is 5.80. The summed E-state index contributed by atoms with van der Waals surface area (Å²) >= 11 is 6.07. The molecule has 0 aliphatic carbocycles. The predicted molar refractivity (Wildman–Crippen MR) is 107 cm³/mol. The number of anilines is 2. The number of fused-ring (bicyclic) bond motifs is 1. The molecule has 1 aromatic carbocycles. The van der Waals surface area contributed by atoms with Crippen molar-refractivity contribution in [3.63, 3.8) is 0 Å². The van der Waals surface area contributed by atoms with Gasteiger partial charge in [0.25, 0.3) is 0 Å². The van der Waals surface area contributed by atoms with Crippen molar-refractivity contribution in [3.05, 3.63) is 41.3 Å². The first-order chi connectivity index (χ1) is 13.4. The molecule has 0 radical (unpaired) electrons. The van der Waals surface area contributed by atoms with Crippen LogP contribution in [0.4, 0.5) is 16.3 Å². The van der Waals surface area contributed by atoms with E-state index in [0.29, 0.717) is 17.4 Å². The molecular formula is C20H22ClN5O2. The van der Waals surface area contributed by atoms with Crippen molar-refractivity contribution < 1.29 is 9.53 Å². The number of carbonyl (C=O) groups is 1. The van der Waals surface area contributed by atoms with Gasteiger partial charge in [0, 0.05) is 54.4 Å². The molecule has 0 N–H and O–H groups in total. The number of rotatable bonds is 1. The van der Waals surface area contributed by atoms with E-state index in [1.807, 2.05) is 35.8 Å². The van der Waals surface area contributed by atoms with Crippen LogP contribution >= 0.6 is 11.6 Å². The summed E-state index contributed by atoms with van der Waals surface area (Å²) in [5.74, 6) is 1.64. The van der Waals surface area contributed by atoms with Crippen LogP contribution < -0.4 is 14.5 Å². The number of hydrogen-bond acceptors (Lipinski definition) is 5. The van der Waals surface area contributed by atoms with Crippen LogP contribution in [0.25, 0.3) is 0 Å². The van der Waals surface area contributed by atoms with Crippen molar-refractivity contribution in [2.24, 2.45) is 5.41 Å². The third-order valence-corrected chi connectivity index (χ3v) is 6.03. The average molecular weight is 400 g/mol. The van der Waals surface area contributed by atoms with E-state index < -0.39 is 0 Å². The number of carbonyl (C=O) groups excluding carboxylic acids is 1. The van der Waals surface area contributed by atoms with Crippen LogP contribution in [0, 0.1) is 12.3 Å². The quantitative estimate of drug-likeness (QED) is 0.737. The van der Waals surface area contributed by atoms with Crippen molar-refractivity contribution in [1.29, 1.82) is 0 Å². The van der Waals surface area contributed by atoms with Gasteiger partial charge in [-0.3, -0.25) is 4.90 Å². The second-order valence-electron chi connectivity index (χ2n) is 8.15. The molecule has 1 aromatic heterocycles. The summed E-state index contributed by atoms with van der Waals surface area (Å²) in [4.78, 5) is 27.7. The molecule has 3 aliphatic heterocycles. The topological polar surface area (TPSA) is 61.8 Å².